The molecule has 136 valence electrons. The number of aliphatic carboxylic acids is 1. The van der Waals surface area contributed by atoms with Crippen molar-refractivity contribution in [2.24, 2.45) is 11.7 Å². The zero-order valence-corrected chi connectivity index (χ0v) is 14.9. The lowest BCUT2D eigenvalue weighted by molar-refractivity contribution is -0.150. The first-order chi connectivity index (χ1) is 12.1. The smallest absolute Gasteiger partial charge is 0.324 e. The summed E-state index contributed by atoms with van der Waals surface area (Å²) in [5, 5.41) is 10.0. The molecule has 1 aliphatic carbocycles. The van der Waals surface area contributed by atoms with Gasteiger partial charge in [-0.1, -0.05) is 42.5 Å². The molecule has 0 radical (unpaired) electrons. The van der Waals surface area contributed by atoms with E-state index in [9.17, 15) is 9.90 Å². The van der Waals surface area contributed by atoms with Gasteiger partial charge in [-0.3, -0.25) is 9.69 Å². The fraction of sp³-hybridized carbons (Fsp3) is 0.571. The fourth-order valence-electron chi connectivity index (χ4n) is 4.51. The molecule has 3 N–H and O–H groups in total. The van der Waals surface area contributed by atoms with Crippen LogP contribution in [0.3, 0.4) is 0 Å². The van der Waals surface area contributed by atoms with Crippen LogP contribution in [0.2, 0.25) is 0 Å². The third-order valence-corrected chi connectivity index (χ3v) is 5.98. The molecule has 1 aromatic rings. The Bertz CT molecular complexity index is 593. The van der Waals surface area contributed by atoms with Crippen LogP contribution < -0.4 is 5.73 Å². The van der Waals surface area contributed by atoms with Crippen molar-refractivity contribution in [1.82, 2.24) is 4.90 Å². The van der Waals surface area contributed by atoms with Gasteiger partial charge in [-0.2, -0.15) is 0 Å². The van der Waals surface area contributed by atoms with Crippen LogP contribution in [-0.2, 0) is 4.79 Å². The van der Waals surface area contributed by atoms with Gasteiger partial charge < -0.3 is 10.8 Å². The van der Waals surface area contributed by atoms with E-state index in [1.807, 2.05) is 18.2 Å². The van der Waals surface area contributed by atoms with E-state index in [-0.39, 0.29) is 0 Å². The molecule has 1 heterocycles. The van der Waals surface area contributed by atoms with Crippen molar-refractivity contribution in [1.29, 1.82) is 0 Å². The Morgan fingerprint density at radius 1 is 1.24 bits per heavy atom. The van der Waals surface area contributed by atoms with Crippen LogP contribution in [0.15, 0.2) is 36.4 Å². The lowest BCUT2D eigenvalue weighted by Gasteiger charge is -2.38. The second-order valence-corrected chi connectivity index (χ2v) is 7.68. The SMILES string of the molecule is NC1CCC(C[C@@]2(C(=O)O)CCCN2C/C=C/c2ccccc2)CC1. The maximum atomic E-state index is 12.2. The Hall–Kier alpha value is -1.65. The van der Waals surface area contributed by atoms with Crippen LogP contribution in [0, 0.1) is 5.92 Å². The molecule has 4 nitrogen and oxygen atoms in total. The molecule has 4 heteroatoms. The van der Waals surface area contributed by atoms with E-state index in [2.05, 4.69) is 29.2 Å². The molecule has 0 aromatic heterocycles. The van der Waals surface area contributed by atoms with Crippen LogP contribution >= 0.6 is 0 Å². The van der Waals surface area contributed by atoms with Crippen LogP contribution in [0.5, 0.6) is 0 Å². The molecule has 2 fully saturated rings. The second-order valence-electron chi connectivity index (χ2n) is 7.68. The van der Waals surface area contributed by atoms with Crippen molar-refractivity contribution in [3.8, 4) is 0 Å². The second kappa shape index (κ2) is 8.15. The van der Waals surface area contributed by atoms with Crippen molar-refractivity contribution >= 4 is 12.0 Å². The monoisotopic (exact) mass is 342 g/mol. The summed E-state index contributed by atoms with van der Waals surface area (Å²) in [6.45, 7) is 1.57. The largest absolute Gasteiger partial charge is 0.480 e. The third kappa shape index (κ3) is 4.31. The van der Waals surface area contributed by atoms with Gasteiger partial charge in [0.2, 0.25) is 0 Å². The summed E-state index contributed by atoms with van der Waals surface area (Å²) in [5.74, 6) is -0.150. The molecule has 0 bridgehead atoms. The van der Waals surface area contributed by atoms with Crippen molar-refractivity contribution in [3.63, 3.8) is 0 Å². The van der Waals surface area contributed by atoms with E-state index >= 15 is 0 Å². The zero-order chi connectivity index (χ0) is 17.7. The molecule has 1 atom stereocenters. The number of nitrogens with two attached hydrogens (primary N) is 1. The lowest BCUT2D eigenvalue weighted by atomic mass is 9.77. The Balaban J connectivity index is 1.66. The Morgan fingerprint density at radius 3 is 2.64 bits per heavy atom. The molecule has 0 spiro atoms. The molecule has 2 aliphatic rings. The van der Waals surface area contributed by atoms with Gasteiger partial charge in [-0.25, -0.2) is 0 Å². The minimum atomic E-state index is -0.687. The van der Waals surface area contributed by atoms with Gasteiger partial charge in [0.1, 0.15) is 5.54 Å². The van der Waals surface area contributed by atoms with Crippen LogP contribution in [0.1, 0.15) is 50.5 Å². The highest BCUT2D eigenvalue weighted by Crippen LogP contribution is 2.39. The van der Waals surface area contributed by atoms with Crippen LogP contribution in [-0.4, -0.2) is 40.6 Å². The number of benzene rings is 1. The summed E-state index contributed by atoms with van der Waals surface area (Å²) in [6.07, 6.45) is 10.9. The first kappa shape index (κ1) is 18.2. The summed E-state index contributed by atoms with van der Waals surface area (Å²) in [4.78, 5) is 14.4. The predicted octanol–water partition coefficient (Wildman–Crippen LogP) is 3.53. The lowest BCUT2D eigenvalue weighted by Crippen LogP contribution is -2.52. The Morgan fingerprint density at radius 2 is 1.96 bits per heavy atom. The van der Waals surface area contributed by atoms with E-state index in [0.29, 0.717) is 18.5 Å². The normalized spacial score (nSPS) is 30.8. The standard InChI is InChI=1S/C21H30N2O2/c22-19-11-9-18(10-12-19)16-21(20(24)25)13-5-15-23(21)14-4-8-17-6-2-1-3-7-17/h1-4,6-8,18-19H,5,9-16,22H2,(H,24,25)/b8-4+/t18?,19?,21-/m1/s1. The summed E-state index contributed by atoms with van der Waals surface area (Å²) in [7, 11) is 0. The fourth-order valence-corrected chi connectivity index (χ4v) is 4.51. The van der Waals surface area contributed by atoms with Crippen molar-refractivity contribution in [2.75, 3.05) is 13.1 Å². The number of carboxylic acids is 1. The summed E-state index contributed by atoms with van der Waals surface area (Å²) in [6, 6.07) is 10.5. The number of nitrogens with zero attached hydrogens (tertiary/aromatic N) is 1. The molecule has 1 aromatic carbocycles. The minimum Gasteiger partial charge on any atom is -0.480 e. The van der Waals surface area contributed by atoms with Crippen LogP contribution in [0.4, 0.5) is 0 Å². The molecular formula is C21H30N2O2. The van der Waals surface area contributed by atoms with Crippen molar-refractivity contribution in [3.05, 3.63) is 42.0 Å². The first-order valence-electron chi connectivity index (χ1n) is 9.56. The Labute approximate surface area is 150 Å². The number of likely N-dealkylation sites (tertiary alicyclic amines) is 1. The van der Waals surface area contributed by atoms with Gasteiger partial charge in [-0.05, 0) is 63.0 Å². The number of hydrogen-bond acceptors (Lipinski definition) is 3. The van der Waals surface area contributed by atoms with Crippen LogP contribution in [0.25, 0.3) is 6.08 Å². The van der Waals surface area contributed by atoms with Crippen molar-refractivity contribution < 1.29 is 9.90 Å². The van der Waals surface area contributed by atoms with E-state index < -0.39 is 11.5 Å². The molecule has 0 unspecified atom stereocenters. The average molecular weight is 342 g/mol. The number of carboxylic acid groups (broad SMARTS) is 1. The predicted molar refractivity (Wildman–Crippen MR) is 101 cm³/mol. The van der Waals surface area contributed by atoms with E-state index in [1.165, 1.54) is 0 Å². The van der Waals surface area contributed by atoms with Gasteiger partial charge in [0.25, 0.3) is 0 Å². The molecular weight excluding hydrogens is 312 g/mol. The third-order valence-electron chi connectivity index (χ3n) is 5.98. The van der Waals surface area contributed by atoms with E-state index in [1.54, 1.807) is 0 Å². The van der Waals surface area contributed by atoms with Crippen molar-refractivity contribution in [2.45, 2.75) is 56.5 Å². The maximum absolute atomic E-state index is 12.2. The quantitative estimate of drug-likeness (QED) is 0.830. The number of carbonyl (C=O) groups is 1. The molecule has 3 rings (SSSR count). The number of hydrogen-bond donors (Lipinski definition) is 2. The van der Waals surface area contributed by atoms with Gasteiger partial charge in [0.15, 0.2) is 0 Å². The molecule has 1 aliphatic heterocycles. The summed E-state index contributed by atoms with van der Waals surface area (Å²) >= 11 is 0. The molecule has 1 saturated heterocycles. The minimum absolute atomic E-state index is 0.311. The zero-order valence-electron chi connectivity index (χ0n) is 14.9. The first-order valence-corrected chi connectivity index (χ1v) is 9.56. The van der Waals surface area contributed by atoms with Gasteiger partial charge in [0.05, 0.1) is 0 Å². The Kier molecular flexibility index (Phi) is 5.92. The highest BCUT2D eigenvalue weighted by Gasteiger charge is 2.48. The molecule has 1 saturated carbocycles. The molecule has 25 heavy (non-hydrogen) atoms. The van der Waals surface area contributed by atoms with E-state index in [0.717, 1.165) is 57.1 Å². The maximum Gasteiger partial charge on any atom is 0.324 e. The summed E-state index contributed by atoms with van der Waals surface area (Å²) in [5.41, 5.74) is 6.48. The highest BCUT2D eigenvalue weighted by molar-refractivity contribution is 5.79. The van der Waals surface area contributed by atoms with E-state index in [4.69, 9.17) is 5.73 Å². The topological polar surface area (TPSA) is 66.6 Å². The number of rotatable bonds is 6. The van der Waals surface area contributed by atoms with Gasteiger partial charge >= 0.3 is 5.97 Å². The van der Waals surface area contributed by atoms with Gasteiger partial charge in [0, 0.05) is 12.6 Å². The average Bonchev–Trinajstić information content (AvgIpc) is 3.02. The summed E-state index contributed by atoms with van der Waals surface area (Å²) < 4.78 is 0. The highest BCUT2D eigenvalue weighted by atomic mass is 16.4. The molecule has 0 amide bonds. The van der Waals surface area contributed by atoms with Gasteiger partial charge in [-0.15, -0.1) is 0 Å².